The van der Waals surface area contributed by atoms with Gasteiger partial charge in [-0.15, -0.1) is 0 Å². The van der Waals surface area contributed by atoms with Gasteiger partial charge in [0.15, 0.2) is 0 Å². The number of nitrogens with one attached hydrogen (secondary N) is 1. The number of anilines is 1. The minimum Gasteiger partial charge on any atom is -0.383 e. The lowest BCUT2D eigenvalue weighted by Crippen LogP contribution is -2.43. The molecule has 1 unspecified atom stereocenters. The number of methoxy groups -OCH3 is 1. The normalized spacial score (nSPS) is 19.3. The summed E-state index contributed by atoms with van der Waals surface area (Å²) in [6, 6.07) is 1.77. The van der Waals surface area contributed by atoms with Crippen LogP contribution in [0.1, 0.15) is 30.1 Å². The van der Waals surface area contributed by atoms with E-state index >= 15 is 0 Å². The van der Waals surface area contributed by atoms with Gasteiger partial charge in [-0.2, -0.15) is 0 Å². The van der Waals surface area contributed by atoms with Crippen molar-refractivity contribution in [3.05, 3.63) is 24.0 Å². The van der Waals surface area contributed by atoms with E-state index in [1.165, 1.54) is 0 Å². The molecule has 2 rings (SSSR count). The van der Waals surface area contributed by atoms with E-state index in [2.05, 4.69) is 10.3 Å². The lowest BCUT2D eigenvalue weighted by atomic mass is 10.1. The Kier molecular flexibility index (Phi) is 4.74. The summed E-state index contributed by atoms with van der Waals surface area (Å²) in [4.78, 5) is 18.5. The molecule has 0 radical (unpaired) electrons. The molecule has 5 heteroatoms. The summed E-state index contributed by atoms with van der Waals surface area (Å²) >= 11 is 0. The third-order valence-corrected chi connectivity index (χ3v) is 3.42. The number of amides is 1. The Balaban J connectivity index is 2.14. The molecule has 1 aromatic heterocycles. The van der Waals surface area contributed by atoms with Gasteiger partial charge in [0.25, 0.3) is 5.91 Å². The van der Waals surface area contributed by atoms with Gasteiger partial charge in [0.2, 0.25) is 0 Å². The van der Waals surface area contributed by atoms with Crippen LogP contribution in [0.4, 0.5) is 5.69 Å². The van der Waals surface area contributed by atoms with E-state index in [0.717, 1.165) is 31.6 Å². The highest BCUT2D eigenvalue weighted by atomic mass is 16.5. The van der Waals surface area contributed by atoms with Crippen LogP contribution in [-0.4, -0.2) is 48.6 Å². The lowest BCUT2D eigenvalue weighted by Gasteiger charge is -2.32. The van der Waals surface area contributed by atoms with Gasteiger partial charge in [-0.3, -0.25) is 9.78 Å². The van der Waals surface area contributed by atoms with Crippen LogP contribution in [0, 0.1) is 0 Å². The minimum atomic E-state index is 0.0556. The second-order valence-corrected chi connectivity index (χ2v) is 4.70. The maximum atomic E-state index is 12.6. The summed E-state index contributed by atoms with van der Waals surface area (Å²) in [5, 5.41) is 3.18. The Bertz CT molecular complexity index is 436. The standard InChI is InChI=1S/C14H21N3O2/c1-3-16-13-9-15-7-6-12(13)14(18)17-8-4-5-11(10-17)19-2/h6-7,9,11,16H,3-5,8,10H2,1-2H3. The largest absolute Gasteiger partial charge is 0.383 e. The van der Waals surface area contributed by atoms with Crippen LogP contribution in [-0.2, 0) is 4.74 Å². The highest BCUT2D eigenvalue weighted by Crippen LogP contribution is 2.19. The molecule has 5 nitrogen and oxygen atoms in total. The van der Waals surface area contributed by atoms with Gasteiger partial charge in [-0.1, -0.05) is 0 Å². The molecule has 1 amide bonds. The highest BCUT2D eigenvalue weighted by Gasteiger charge is 2.25. The number of nitrogens with zero attached hydrogens (tertiary/aromatic N) is 2. The monoisotopic (exact) mass is 263 g/mol. The van der Waals surface area contributed by atoms with E-state index in [1.807, 2.05) is 11.8 Å². The number of aromatic nitrogens is 1. The van der Waals surface area contributed by atoms with Crippen LogP contribution < -0.4 is 5.32 Å². The quantitative estimate of drug-likeness (QED) is 0.899. The van der Waals surface area contributed by atoms with Crippen LogP contribution in [0.5, 0.6) is 0 Å². The zero-order valence-electron chi connectivity index (χ0n) is 11.6. The molecule has 19 heavy (non-hydrogen) atoms. The molecule has 0 aliphatic carbocycles. The van der Waals surface area contributed by atoms with Crippen molar-refractivity contribution in [1.29, 1.82) is 0 Å². The zero-order valence-corrected chi connectivity index (χ0v) is 11.6. The highest BCUT2D eigenvalue weighted by molar-refractivity contribution is 5.99. The summed E-state index contributed by atoms with van der Waals surface area (Å²) in [7, 11) is 1.70. The van der Waals surface area contributed by atoms with Crippen LogP contribution in [0.2, 0.25) is 0 Å². The molecule has 1 saturated heterocycles. The van der Waals surface area contributed by atoms with Gasteiger partial charge in [-0.25, -0.2) is 0 Å². The number of pyridine rings is 1. The summed E-state index contributed by atoms with van der Waals surface area (Å²) in [5.41, 5.74) is 1.49. The molecule has 0 spiro atoms. The van der Waals surface area contributed by atoms with Gasteiger partial charge in [0.05, 0.1) is 23.6 Å². The van der Waals surface area contributed by atoms with Gasteiger partial charge in [0.1, 0.15) is 0 Å². The van der Waals surface area contributed by atoms with E-state index in [9.17, 15) is 4.79 Å². The summed E-state index contributed by atoms with van der Waals surface area (Å²) in [6.07, 6.45) is 5.53. The van der Waals surface area contributed by atoms with E-state index in [1.54, 1.807) is 25.6 Å². The lowest BCUT2D eigenvalue weighted by molar-refractivity contribution is 0.0269. The van der Waals surface area contributed by atoms with Crippen molar-refractivity contribution in [1.82, 2.24) is 9.88 Å². The average Bonchev–Trinajstić information content (AvgIpc) is 2.47. The van der Waals surface area contributed by atoms with Gasteiger partial charge >= 0.3 is 0 Å². The molecule has 1 aromatic rings. The molecule has 2 heterocycles. The fourth-order valence-electron chi connectivity index (χ4n) is 2.40. The fraction of sp³-hybridized carbons (Fsp3) is 0.571. The van der Waals surface area contributed by atoms with Crippen molar-refractivity contribution in [3.63, 3.8) is 0 Å². The first kappa shape index (κ1) is 13.8. The smallest absolute Gasteiger partial charge is 0.256 e. The van der Waals surface area contributed by atoms with Crippen molar-refractivity contribution in [2.24, 2.45) is 0 Å². The summed E-state index contributed by atoms with van der Waals surface area (Å²) in [5.74, 6) is 0.0556. The van der Waals surface area contributed by atoms with E-state index in [-0.39, 0.29) is 12.0 Å². The molecule has 1 aliphatic rings. The van der Waals surface area contributed by atoms with Crippen molar-refractivity contribution in [2.45, 2.75) is 25.9 Å². The number of hydrogen-bond donors (Lipinski definition) is 1. The molecule has 1 aliphatic heterocycles. The number of hydrogen-bond acceptors (Lipinski definition) is 4. The second-order valence-electron chi connectivity index (χ2n) is 4.70. The molecular formula is C14H21N3O2. The SMILES string of the molecule is CCNc1cnccc1C(=O)N1CCCC(OC)C1. The Morgan fingerprint density at radius 3 is 3.21 bits per heavy atom. The second kappa shape index (κ2) is 6.52. The third-order valence-electron chi connectivity index (χ3n) is 3.42. The Morgan fingerprint density at radius 1 is 1.63 bits per heavy atom. The van der Waals surface area contributed by atoms with Crippen LogP contribution in [0.15, 0.2) is 18.5 Å². The third kappa shape index (κ3) is 3.23. The molecule has 1 atom stereocenters. The molecule has 1 N–H and O–H groups in total. The van der Waals surface area contributed by atoms with E-state index < -0.39 is 0 Å². The molecule has 104 valence electrons. The van der Waals surface area contributed by atoms with Crippen molar-refractivity contribution < 1.29 is 9.53 Å². The van der Waals surface area contributed by atoms with Gasteiger partial charge in [-0.05, 0) is 25.8 Å². The van der Waals surface area contributed by atoms with Crippen molar-refractivity contribution in [2.75, 3.05) is 32.1 Å². The summed E-state index contributed by atoms with van der Waals surface area (Å²) in [6.45, 7) is 4.24. The molecule has 0 saturated carbocycles. The number of carbonyl (C=O) groups is 1. The molecular weight excluding hydrogens is 242 g/mol. The Hall–Kier alpha value is -1.62. The van der Waals surface area contributed by atoms with E-state index in [4.69, 9.17) is 4.74 Å². The van der Waals surface area contributed by atoms with Gasteiger partial charge in [0, 0.05) is 32.9 Å². The van der Waals surface area contributed by atoms with Crippen LogP contribution >= 0.6 is 0 Å². The molecule has 0 aromatic carbocycles. The first-order chi connectivity index (χ1) is 9.26. The maximum absolute atomic E-state index is 12.6. The van der Waals surface area contributed by atoms with Crippen molar-refractivity contribution >= 4 is 11.6 Å². The zero-order chi connectivity index (χ0) is 13.7. The number of ether oxygens (including phenoxy) is 1. The number of likely N-dealkylation sites (tertiary alicyclic amines) is 1. The average molecular weight is 263 g/mol. The number of piperidine rings is 1. The van der Waals surface area contributed by atoms with E-state index in [0.29, 0.717) is 12.1 Å². The van der Waals surface area contributed by atoms with Crippen LogP contribution in [0.25, 0.3) is 0 Å². The summed E-state index contributed by atoms with van der Waals surface area (Å²) < 4.78 is 5.36. The molecule has 0 bridgehead atoms. The van der Waals surface area contributed by atoms with Crippen LogP contribution in [0.3, 0.4) is 0 Å². The predicted molar refractivity (Wildman–Crippen MR) is 74.3 cm³/mol. The van der Waals surface area contributed by atoms with Gasteiger partial charge < -0.3 is 15.0 Å². The number of carbonyl (C=O) groups excluding carboxylic acids is 1. The number of rotatable bonds is 4. The minimum absolute atomic E-state index is 0.0556. The molecule has 1 fully saturated rings. The maximum Gasteiger partial charge on any atom is 0.256 e. The fourth-order valence-corrected chi connectivity index (χ4v) is 2.40. The topological polar surface area (TPSA) is 54.5 Å². The predicted octanol–water partition coefficient (Wildman–Crippen LogP) is 1.76. The first-order valence-corrected chi connectivity index (χ1v) is 6.76. The Morgan fingerprint density at radius 2 is 2.47 bits per heavy atom. The first-order valence-electron chi connectivity index (χ1n) is 6.76. The Labute approximate surface area is 114 Å². The van der Waals surface area contributed by atoms with Crippen molar-refractivity contribution in [3.8, 4) is 0 Å².